The summed E-state index contributed by atoms with van der Waals surface area (Å²) in [5.41, 5.74) is 8.62. The normalized spacial score (nSPS) is 11.3. The van der Waals surface area contributed by atoms with Crippen LogP contribution in [0.5, 0.6) is 11.5 Å². The molecule has 9 heteroatoms. The number of fused-ring (bicyclic) bond motifs is 2. The van der Waals surface area contributed by atoms with E-state index >= 15 is 0 Å². The van der Waals surface area contributed by atoms with Gasteiger partial charge in [0.15, 0.2) is 5.65 Å². The van der Waals surface area contributed by atoms with E-state index < -0.39 is 11.2 Å². The molecule has 0 fully saturated rings. The first kappa shape index (κ1) is 28.9. The Bertz CT molecular complexity index is 1890. The van der Waals surface area contributed by atoms with Crippen LogP contribution in [0.4, 0.5) is 11.5 Å². The third-order valence-electron chi connectivity index (χ3n) is 7.46. The zero-order chi connectivity index (χ0) is 30.0. The summed E-state index contributed by atoms with van der Waals surface area (Å²) in [6, 6.07) is 19.9. The van der Waals surface area contributed by atoms with Gasteiger partial charge in [-0.25, -0.2) is 9.78 Å². The molecule has 0 amide bonds. The van der Waals surface area contributed by atoms with Crippen LogP contribution in [0.2, 0.25) is 0 Å². The molecule has 0 aliphatic carbocycles. The van der Waals surface area contributed by atoms with Crippen molar-refractivity contribution in [3.8, 4) is 22.6 Å². The van der Waals surface area contributed by atoms with Crippen molar-refractivity contribution in [2.75, 3.05) is 25.2 Å². The first-order valence-corrected chi connectivity index (χ1v) is 14.3. The van der Waals surface area contributed by atoms with Gasteiger partial charge in [-0.05, 0) is 53.9 Å². The van der Waals surface area contributed by atoms with Gasteiger partial charge in [0.05, 0.1) is 18.6 Å². The third-order valence-corrected chi connectivity index (χ3v) is 7.46. The standard InChI is InChI=1S/C33H37N5O4/c1-6-16-41-24-14-15-27(42-17-7-2)25(19-24)28-26(20-34)30(35-31-29(28)32(39)38(5)33(40)37(31)4)36(3)23-13-12-21-10-8-9-11-22(21)18-23/h8-15,18-19H,6-7,16-17,20,34H2,1-5H3. The molecule has 0 aliphatic rings. The lowest BCUT2D eigenvalue weighted by Crippen LogP contribution is -2.38. The Morgan fingerprint density at radius 1 is 0.881 bits per heavy atom. The second-order valence-corrected chi connectivity index (χ2v) is 10.3. The van der Waals surface area contributed by atoms with Gasteiger partial charge in [-0.15, -0.1) is 0 Å². The average Bonchev–Trinajstić information content (AvgIpc) is 3.02. The number of nitrogens with zero attached hydrogens (tertiary/aromatic N) is 4. The monoisotopic (exact) mass is 567 g/mol. The SMILES string of the molecule is CCCOc1ccc(OCCC)c(-c2c(CN)c(N(C)c3ccc4ccccc4c3)nc3c2c(=O)n(C)c(=O)n3C)c1. The average molecular weight is 568 g/mol. The molecule has 0 radical (unpaired) electrons. The lowest BCUT2D eigenvalue weighted by molar-refractivity contribution is 0.309. The summed E-state index contributed by atoms with van der Waals surface area (Å²) < 4.78 is 14.7. The molecule has 0 saturated heterocycles. The van der Waals surface area contributed by atoms with E-state index in [1.54, 1.807) is 7.05 Å². The third kappa shape index (κ3) is 5.12. The van der Waals surface area contributed by atoms with Crippen LogP contribution in [0.1, 0.15) is 32.3 Å². The van der Waals surface area contributed by atoms with Crippen LogP contribution < -0.4 is 31.4 Å². The summed E-state index contributed by atoms with van der Waals surface area (Å²) in [6.07, 6.45) is 1.65. The predicted octanol–water partition coefficient (Wildman–Crippen LogP) is 5.26. The Morgan fingerprint density at radius 2 is 1.60 bits per heavy atom. The van der Waals surface area contributed by atoms with E-state index in [-0.39, 0.29) is 12.2 Å². The van der Waals surface area contributed by atoms with Crippen LogP contribution in [0, 0.1) is 0 Å². The number of nitrogens with two attached hydrogens (primary N) is 1. The minimum absolute atomic E-state index is 0.0881. The van der Waals surface area contributed by atoms with Crippen molar-refractivity contribution in [1.29, 1.82) is 0 Å². The van der Waals surface area contributed by atoms with Gasteiger partial charge in [-0.2, -0.15) is 0 Å². The fourth-order valence-electron chi connectivity index (χ4n) is 5.24. The number of hydrogen-bond acceptors (Lipinski definition) is 7. The molecule has 5 aromatic rings. The summed E-state index contributed by atoms with van der Waals surface area (Å²) in [4.78, 5) is 33.8. The molecule has 9 nitrogen and oxygen atoms in total. The number of rotatable bonds is 10. The molecule has 0 unspecified atom stereocenters. The molecule has 0 bridgehead atoms. The zero-order valence-corrected chi connectivity index (χ0v) is 24.8. The highest BCUT2D eigenvalue weighted by Gasteiger charge is 2.26. The molecule has 0 aliphatic heterocycles. The summed E-state index contributed by atoms with van der Waals surface area (Å²) in [5.74, 6) is 1.78. The second kappa shape index (κ2) is 12.1. The maximum Gasteiger partial charge on any atom is 0.332 e. The van der Waals surface area contributed by atoms with Crippen LogP contribution >= 0.6 is 0 Å². The topological polar surface area (TPSA) is 105 Å². The highest BCUT2D eigenvalue weighted by molar-refractivity contribution is 5.99. The van der Waals surface area contributed by atoms with E-state index in [0.29, 0.717) is 52.6 Å². The van der Waals surface area contributed by atoms with Crippen LogP contribution in [0.15, 0.2) is 70.3 Å². The molecule has 0 atom stereocenters. The Labute approximate surface area is 244 Å². The van der Waals surface area contributed by atoms with Crippen molar-refractivity contribution in [3.05, 3.63) is 87.1 Å². The Kier molecular flexibility index (Phi) is 8.31. The molecule has 42 heavy (non-hydrogen) atoms. The van der Waals surface area contributed by atoms with Crippen molar-refractivity contribution in [2.24, 2.45) is 19.8 Å². The van der Waals surface area contributed by atoms with Crippen LogP contribution in [0.3, 0.4) is 0 Å². The van der Waals surface area contributed by atoms with E-state index in [1.807, 2.05) is 62.2 Å². The molecule has 3 aromatic carbocycles. The number of ether oxygens (including phenoxy) is 2. The molecular weight excluding hydrogens is 530 g/mol. The van der Waals surface area contributed by atoms with Crippen molar-refractivity contribution in [3.63, 3.8) is 0 Å². The highest BCUT2D eigenvalue weighted by Crippen LogP contribution is 2.42. The largest absolute Gasteiger partial charge is 0.494 e. The molecular formula is C33H37N5O4. The van der Waals surface area contributed by atoms with Crippen molar-refractivity contribution < 1.29 is 9.47 Å². The minimum Gasteiger partial charge on any atom is -0.494 e. The number of anilines is 2. The number of aryl methyl sites for hydroxylation is 1. The van der Waals surface area contributed by atoms with Gasteiger partial charge in [-0.3, -0.25) is 13.9 Å². The fraction of sp³-hybridized carbons (Fsp3) is 0.303. The minimum atomic E-state index is -0.465. The van der Waals surface area contributed by atoms with Gasteiger partial charge >= 0.3 is 5.69 Å². The van der Waals surface area contributed by atoms with Crippen molar-refractivity contribution in [1.82, 2.24) is 14.1 Å². The Morgan fingerprint density at radius 3 is 2.31 bits per heavy atom. The van der Waals surface area contributed by atoms with Gasteiger partial charge in [0.25, 0.3) is 5.56 Å². The van der Waals surface area contributed by atoms with E-state index in [1.165, 1.54) is 11.6 Å². The fourth-order valence-corrected chi connectivity index (χ4v) is 5.24. The smallest absolute Gasteiger partial charge is 0.332 e. The predicted molar refractivity (Wildman–Crippen MR) is 169 cm³/mol. The number of aromatic nitrogens is 3. The first-order chi connectivity index (χ1) is 20.3. The van der Waals surface area contributed by atoms with Crippen molar-refractivity contribution in [2.45, 2.75) is 33.2 Å². The van der Waals surface area contributed by atoms with Crippen LogP contribution in [0.25, 0.3) is 32.9 Å². The Balaban J connectivity index is 1.88. The summed E-state index contributed by atoms with van der Waals surface area (Å²) in [7, 11) is 5.01. The second-order valence-electron chi connectivity index (χ2n) is 10.3. The molecule has 5 rings (SSSR count). The quantitative estimate of drug-likeness (QED) is 0.246. The van der Waals surface area contributed by atoms with E-state index in [9.17, 15) is 9.59 Å². The highest BCUT2D eigenvalue weighted by atomic mass is 16.5. The van der Waals surface area contributed by atoms with Gasteiger partial charge in [0, 0.05) is 50.1 Å². The molecule has 2 N–H and O–H groups in total. The van der Waals surface area contributed by atoms with Crippen LogP contribution in [-0.2, 0) is 20.6 Å². The number of pyridine rings is 1. The summed E-state index contributed by atoms with van der Waals surface area (Å²) in [6.45, 7) is 5.20. The Hall–Kier alpha value is -4.63. The summed E-state index contributed by atoms with van der Waals surface area (Å²) >= 11 is 0. The van der Waals surface area contributed by atoms with E-state index in [0.717, 1.165) is 33.9 Å². The van der Waals surface area contributed by atoms with Gasteiger partial charge in [0.1, 0.15) is 17.3 Å². The first-order valence-electron chi connectivity index (χ1n) is 14.3. The maximum atomic E-state index is 13.8. The van der Waals surface area contributed by atoms with E-state index in [4.69, 9.17) is 20.2 Å². The molecule has 218 valence electrons. The lowest BCUT2D eigenvalue weighted by Gasteiger charge is -2.26. The van der Waals surface area contributed by atoms with Gasteiger partial charge < -0.3 is 20.1 Å². The molecule has 2 aromatic heterocycles. The number of benzene rings is 3. The van der Waals surface area contributed by atoms with E-state index in [2.05, 4.69) is 24.3 Å². The zero-order valence-electron chi connectivity index (χ0n) is 24.8. The maximum absolute atomic E-state index is 13.8. The molecule has 2 heterocycles. The lowest BCUT2D eigenvalue weighted by atomic mass is 9.95. The van der Waals surface area contributed by atoms with Gasteiger partial charge in [-0.1, -0.05) is 44.2 Å². The van der Waals surface area contributed by atoms with Gasteiger partial charge in [0.2, 0.25) is 0 Å². The van der Waals surface area contributed by atoms with Crippen molar-refractivity contribution >= 4 is 33.3 Å². The number of hydrogen-bond donors (Lipinski definition) is 1. The molecule has 0 spiro atoms. The van der Waals surface area contributed by atoms with Crippen LogP contribution in [-0.4, -0.2) is 34.4 Å². The summed E-state index contributed by atoms with van der Waals surface area (Å²) in [5, 5.41) is 2.49. The molecule has 0 saturated carbocycles.